The van der Waals surface area contributed by atoms with Gasteiger partial charge in [0.05, 0.1) is 5.41 Å². The van der Waals surface area contributed by atoms with Crippen molar-refractivity contribution in [3.05, 3.63) is 47.4 Å². The van der Waals surface area contributed by atoms with Gasteiger partial charge in [-0.1, -0.05) is 45.0 Å². The Bertz CT molecular complexity index is 1060. The molecule has 0 atom stereocenters. The molecule has 1 aliphatic rings. The van der Waals surface area contributed by atoms with Crippen LogP contribution in [-0.2, 0) is 16.8 Å². The fraction of sp³-hybridized carbons (Fsp3) is 0.538. The monoisotopic (exact) mass is 475 g/mol. The van der Waals surface area contributed by atoms with E-state index in [4.69, 9.17) is 0 Å². The van der Waals surface area contributed by atoms with Crippen LogP contribution in [0.15, 0.2) is 30.5 Å². The molecular weight excluding hydrogens is 437 g/mol. The van der Waals surface area contributed by atoms with E-state index in [-0.39, 0.29) is 17.1 Å². The molecule has 3 rings (SSSR count). The maximum Gasteiger partial charge on any atom is 0.248 e. The fourth-order valence-corrected chi connectivity index (χ4v) is 4.09. The summed E-state index contributed by atoms with van der Waals surface area (Å²) >= 11 is 0. The Morgan fingerprint density at radius 1 is 1.14 bits per heavy atom. The zero-order valence-corrected chi connectivity index (χ0v) is 22.2. The molecule has 1 aromatic carbocycles. The maximum atomic E-state index is 13.6. The largest absolute Gasteiger partial charge is 0.304 e. The molecule has 1 amide bonds. The number of nitrogens with zero attached hydrogens (tertiary/aromatic N) is 6. The van der Waals surface area contributed by atoms with Gasteiger partial charge in [0, 0.05) is 45.5 Å². The molecule has 8 nitrogen and oxygen atoms in total. The molecule has 1 aromatic heterocycles. The SMILES string of the molecule is Bc1cnc(C#N)nc1N(CC(C)(C)C)NC(=O)C(C)(C)c1ccc(CN2CCN(C)CC2)cc1. The number of rotatable bonds is 7. The molecule has 186 valence electrons. The quantitative estimate of drug-likeness (QED) is 0.476. The highest BCUT2D eigenvalue weighted by Crippen LogP contribution is 2.26. The molecule has 0 aliphatic carbocycles. The molecule has 2 heterocycles. The van der Waals surface area contributed by atoms with Gasteiger partial charge in [-0.25, -0.2) is 9.97 Å². The number of anilines is 1. The number of nitrogens with one attached hydrogen (secondary N) is 1. The van der Waals surface area contributed by atoms with E-state index in [1.807, 2.05) is 27.8 Å². The van der Waals surface area contributed by atoms with Crippen molar-refractivity contribution in [1.82, 2.24) is 25.2 Å². The topological polar surface area (TPSA) is 88.4 Å². The van der Waals surface area contributed by atoms with Gasteiger partial charge >= 0.3 is 0 Å². The van der Waals surface area contributed by atoms with Crippen LogP contribution in [0.4, 0.5) is 5.82 Å². The molecule has 1 fully saturated rings. The lowest BCUT2D eigenvalue weighted by Crippen LogP contribution is -2.53. The van der Waals surface area contributed by atoms with E-state index in [9.17, 15) is 10.1 Å². The summed E-state index contributed by atoms with van der Waals surface area (Å²) < 4.78 is 0. The summed E-state index contributed by atoms with van der Waals surface area (Å²) in [6.07, 6.45) is 1.62. The molecule has 0 spiro atoms. The minimum absolute atomic E-state index is 0.0777. The summed E-state index contributed by atoms with van der Waals surface area (Å²) in [5.74, 6) is 0.484. The first kappa shape index (κ1) is 26.6. The number of hydrogen-bond donors (Lipinski definition) is 1. The van der Waals surface area contributed by atoms with Crippen LogP contribution in [0.2, 0.25) is 0 Å². The van der Waals surface area contributed by atoms with E-state index in [0.717, 1.165) is 43.8 Å². The Hall–Kier alpha value is -2.96. The molecule has 1 N–H and O–H groups in total. The molecule has 1 aliphatic heterocycles. The van der Waals surface area contributed by atoms with E-state index >= 15 is 0 Å². The minimum Gasteiger partial charge on any atom is -0.304 e. The lowest BCUT2D eigenvalue weighted by atomic mass is 9.83. The van der Waals surface area contributed by atoms with Gasteiger partial charge in [0.2, 0.25) is 11.7 Å². The van der Waals surface area contributed by atoms with Gasteiger partial charge in [-0.15, -0.1) is 0 Å². The molecule has 35 heavy (non-hydrogen) atoms. The van der Waals surface area contributed by atoms with E-state index in [1.54, 1.807) is 11.2 Å². The highest BCUT2D eigenvalue weighted by molar-refractivity contribution is 6.35. The van der Waals surface area contributed by atoms with Crippen molar-refractivity contribution in [2.45, 2.75) is 46.6 Å². The zero-order chi connectivity index (χ0) is 25.8. The molecule has 0 saturated carbocycles. The Morgan fingerprint density at radius 2 is 1.77 bits per heavy atom. The molecule has 0 bridgehead atoms. The Labute approximate surface area is 210 Å². The third-order valence-corrected chi connectivity index (χ3v) is 6.41. The second kappa shape index (κ2) is 10.8. The van der Waals surface area contributed by atoms with Gasteiger partial charge in [0.1, 0.15) is 19.7 Å². The summed E-state index contributed by atoms with van der Waals surface area (Å²) in [6.45, 7) is 15.9. The fourth-order valence-electron chi connectivity index (χ4n) is 4.09. The molecule has 0 radical (unpaired) electrons. The van der Waals surface area contributed by atoms with E-state index in [0.29, 0.717) is 12.4 Å². The van der Waals surface area contributed by atoms with Gasteiger partial charge in [-0.05, 0) is 42.9 Å². The number of hydrazine groups is 1. The smallest absolute Gasteiger partial charge is 0.248 e. The van der Waals surface area contributed by atoms with Crippen molar-refractivity contribution in [3.8, 4) is 6.07 Å². The Morgan fingerprint density at radius 3 is 2.34 bits per heavy atom. The average molecular weight is 475 g/mol. The number of nitriles is 1. The number of likely N-dealkylation sites (N-methyl/N-ethyl adjacent to an activating group) is 1. The van der Waals surface area contributed by atoms with Crippen LogP contribution in [0.5, 0.6) is 0 Å². The van der Waals surface area contributed by atoms with Crippen molar-refractivity contribution in [3.63, 3.8) is 0 Å². The number of amides is 1. The number of carbonyl (C=O) groups excluding carboxylic acids is 1. The number of piperazine rings is 1. The summed E-state index contributed by atoms with van der Waals surface area (Å²) in [6, 6.07) is 10.4. The number of hydrogen-bond acceptors (Lipinski definition) is 7. The van der Waals surface area contributed by atoms with E-state index in [1.165, 1.54) is 5.56 Å². The number of aromatic nitrogens is 2. The molecule has 1 saturated heterocycles. The second-order valence-electron chi connectivity index (χ2n) is 11.3. The van der Waals surface area contributed by atoms with Crippen LogP contribution < -0.4 is 15.9 Å². The third kappa shape index (κ3) is 7.03. The van der Waals surface area contributed by atoms with Gasteiger partial charge in [0.15, 0.2) is 0 Å². The lowest BCUT2D eigenvalue weighted by Gasteiger charge is -2.35. The van der Waals surface area contributed by atoms with E-state index in [2.05, 4.69) is 77.3 Å². The first-order valence-corrected chi connectivity index (χ1v) is 12.2. The second-order valence-corrected chi connectivity index (χ2v) is 11.3. The normalized spacial score (nSPS) is 15.5. The summed E-state index contributed by atoms with van der Waals surface area (Å²) in [4.78, 5) is 26.8. The van der Waals surface area contributed by atoms with Crippen LogP contribution in [-0.4, -0.2) is 73.3 Å². The highest BCUT2D eigenvalue weighted by atomic mass is 16.2. The van der Waals surface area contributed by atoms with Gasteiger partial charge < -0.3 is 4.90 Å². The Balaban J connectivity index is 1.77. The maximum absolute atomic E-state index is 13.6. The molecule has 0 unspecified atom stereocenters. The number of carbonyl (C=O) groups is 1. The summed E-state index contributed by atoms with van der Waals surface area (Å²) in [5, 5.41) is 11.0. The predicted molar refractivity (Wildman–Crippen MR) is 142 cm³/mol. The van der Waals surface area contributed by atoms with Crippen LogP contribution in [0.25, 0.3) is 0 Å². The minimum atomic E-state index is -0.762. The van der Waals surface area contributed by atoms with Crippen LogP contribution in [0, 0.1) is 16.7 Å². The summed E-state index contributed by atoms with van der Waals surface area (Å²) in [5.41, 5.74) is 5.20. The van der Waals surface area contributed by atoms with Crippen LogP contribution in [0.1, 0.15) is 51.6 Å². The summed E-state index contributed by atoms with van der Waals surface area (Å²) in [7, 11) is 4.04. The first-order chi connectivity index (χ1) is 16.4. The van der Waals surface area contributed by atoms with Crippen molar-refractivity contribution >= 4 is 25.0 Å². The van der Waals surface area contributed by atoms with Gasteiger partial charge in [0.25, 0.3) is 0 Å². The van der Waals surface area contributed by atoms with Crippen molar-refractivity contribution in [2.75, 3.05) is 44.8 Å². The molecular formula is C26H38BN7O. The average Bonchev–Trinajstić information content (AvgIpc) is 2.80. The number of benzene rings is 1. The van der Waals surface area contributed by atoms with Gasteiger partial charge in [-0.2, -0.15) is 5.26 Å². The lowest BCUT2D eigenvalue weighted by molar-refractivity contribution is -0.125. The van der Waals surface area contributed by atoms with Crippen molar-refractivity contribution in [2.24, 2.45) is 5.41 Å². The standard InChI is InChI=1S/C26H38BN7O/c1-25(2,3)18-34(23-21(27)16-29-22(15-28)30-23)31-24(35)26(4,5)20-9-7-19(8-10-20)17-33-13-11-32(6)12-14-33/h7-10,16H,11-14,17-18,27H2,1-6H3,(H,31,35). The highest BCUT2D eigenvalue weighted by Gasteiger charge is 2.33. The zero-order valence-electron chi connectivity index (χ0n) is 22.2. The first-order valence-electron chi connectivity index (χ1n) is 12.2. The Kier molecular flexibility index (Phi) is 8.19. The molecule has 2 aromatic rings. The van der Waals surface area contributed by atoms with Gasteiger partial charge in [-0.3, -0.25) is 20.1 Å². The third-order valence-electron chi connectivity index (χ3n) is 6.41. The predicted octanol–water partition coefficient (Wildman–Crippen LogP) is 1.22. The van der Waals surface area contributed by atoms with Crippen molar-refractivity contribution < 1.29 is 4.79 Å². The van der Waals surface area contributed by atoms with Crippen LogP contribution in [0.3, 0.4) is 0 Å². The molecule has 9 heteroatoms. The van der Waals surface area contributed by atoms with E-state index < -0.39 is 5.41 Å². The van der Waals surface area contributed by atoms with Crippen LogP contribution >= 0.6 is 0 Å². The van der Waals surface area contributed by atoms with Crippen molar-refractivity contribution in [1.29, 1.82) is 5.26 Å².